The molecule has 1 aliphatic rings. The number of amides is 1. The first kappa shape index (κ1) is 21.7. The second-order valence-electron chi connectivity index (χ2n) is 7.83. The zero-order chi connectivity index (χ0) is 23.3. The van der Waals surface area contributed by atoms with Crippen LogP contribution in [0.3, 0.4) is 0 Å². The first-order chi connectivity index (χ1) is 15.9. The van der Waals surface area contributed by atoms with Crippen LogP contribution in [0, 0.1) is 6.92 Å². The predicted octanol–water partition coefficient (Wildman–Crippen LogP) is 6.67. The van der Waals surface area contributed by atoms with Gasteiger partial charge in [0.2, 0.25) is 5.76 Å². The molecule has 1 aliphatic heterocycles. The van der Waals surface area contributed by atoms with E-state index < -0.39 is 11.9 Å². The molecule has 0 radical (unpaired) electrons. The molecule has 0 saturated heterocycles. The maximum Gasteiger partial charge on any atom is 0.295 e. The van der Waals surface area contributed by atoms with Gasteiger partial charge in [-0.3, -0.25) is 14.5 Å². The second kappa shape index (κ2) is 8.36. The summed E-state index contributed by atoms with van der Waals surface area (Å²) < 4.78 is 12.4. The molecule has 0 spiro atoms. The number of carbonyl (C=O) groups excluding carboxylic acids is 1. The number of fused-ring (bicyclic) bond motifs is 2. The minimum Gasteiger partial charge on any atom is -0.494 e. The van der Waals surface area contributed by atoms with Crippen molar-refractivity contribution in [3.05, 3.63) is 103 Å². The van der Waals surface area contributed by atoms with E-state index >= 15 is 0 Å². The van der Waals surface area contributed by atoms with Crippen molar-refractivity contribution in [2.75, 3.05) is 11.5 Å². The summed E-state index contributed by atoms with van der Waals surface area (Å²) in [4.78, 5) is 28.9. The van der Waals surface area contributed by atoms with Gasteiger partial charge in [-0.05, 0) is 67.4 Å². The van der Waals surface area contributed by atoms with E-state index in [2.05, 4.69) is 15.9 Å². The number of hydrogen-bond donors (Lipinski definition) is 0. The lowest BCUT2D eigenvalue weighted by molar-refractivity contribution is 0.0971. The van der Waals surface area contributed by atoms with Gasteiger partial charge in [-0.15, -0.1) is 0 Å². The molecule has 5 rings (SSSR count). The Morgan fingerprint density at radius 1 is 1.09 bits per heavy atom. The normalized spacial score (nSPS) is 15.2. The van der Waals surface area contributed by atoms with E-state index in [1.54, 1.807) is 29.2 Å². The molecule has 2 heterocycles. The van der Waals surface area contributed by atoms with Crippen LogP contribution in [0.1, 0.15) is 40.2 Å². The van der Waals surface area contributed by atoms with E-state index in [0.717, 1.165) is 15.6 Å². The lowest BCUT2D eigenvalue weighted by atomic mass is 9.98. The average Bonchev–Trinajstić information content (AvgIpc) is 3.09. The molecule has 5 nitrogen and oxygen atoms in total. The molecule has 3 aromatic carbocycles. The third-order valence-electron chi connectivity index (χ3n) is 5.75. The van der Waals surface area contributed by atoms with Crippen LogP contribution in [0.15, 0.2) is 74.3 Å². The Bertz CT molecular complexity index is 1480. The summed E-state index contributed by atoms with van der Waals surface area (Å²) in [7, 11) is 0. The summed E-state index contributed by atoms with van der Waals surface area (Å²) >= 11 is 9.82. The number of hydrogen-bond acceptors (Lipinski definition) is 4. The molecule has 0 bridgehead atoms. The third-order valence-corrected chi connectivity index (χ3v) is 6.65. The van der Waals surface area contributed by atoms with Crippen molar-refractivity contribution in [1.82, 2.24) is 0 Å². The van der Waals surface area contributed by atoms with Gasteiger partial charge in [0.15, 0.2) is 5.43 Å². The average molecular weight is 525 g/mol. The zero-order valence-electron chi connectivity index (χ0n) is 17.9. The Hall–Kier alpha value is -3.09. The molecule has 1 aromatic heterocycles. The monoisotopic (exact) mass is 523 g/mol. The molecule has 166 valence electrons. The molecule has 1 unspecified atom stereocenters. The molecule has 7 heteroatoms. The summed E-state index contributed by atoms with van der Waals surface area (Å²) in [5.41, 5.74) is 2.64. The second-order valence-corrected chi connectivity index (χ2v) is 9.15. The van der Waals surface area contributed by atoms with Crippen LogP contribution in [0.25, 0.3) is 11.0 Å². The minimum absolute atomic E-state index is 0.0401. The lowest BCUT2D eigenvalue weighted by Crippen LogP contribution is -2.29. The fraction of sp³-hybridized carbons (Fsp3) is 0.154. The third kappa shape index (κ3) is 3.63. The van der Waals surface area contributed by atoms with Crippen LogP contribution in [0.4, 0.5) is 5.69 Å². The van der Waals surface area contributed by atoms with Crippen LogP contribution in [0.5, 0.6) is 5.75 Å². The summed E-state index contributed by atoms with van der Waals surface area (Å²) in [6.45, 7) is 4.30. The molecule has 0 aliphatic carbocycles. The molecule has 4 aromatic rings. The van der Waals surface area contributed by atoms with E-state index in [-0.39, 0.29) is 11.2 Å². The van der Waals surface area contributed by atoms with Gasteiger partial charge < -0.3 is 9.15 Å². The van der Waals surface area contributed by atoms with E-state index in [4.69, 9.17) is 20.8 Å². The maximum absolute atomic E-state index is 13.7. The Morgan fingerprint density at radius 2 is 1.91 bits per heavy atom. The van der Waals surface area contributed by atoms with Crippen LogP contribution in [-0.4, -0.2) is 12.5 Å². The smallest absolute Gasteiger partial charge is 0.295 e. The number of ether oxygens (including phenoxy) is 1. The molecule has 33 heavy (non-hydrogen) atoms. The van der Waals surface area contributed by atoms with Crippen molar-refractivity contribution in [3.63, 3.8) is 0 Å². The number of benzene rings is 3. The van der Waals surface area contributed by atoms with E-state index in [0.29, 0.717) is 39.6 Å². The van der Waals surface area contributed by atoms with Crippen molar-refractivity contribution in [2.24, 2.45) is 0 Å². The minimum atomic E-state index is -0.689. The van der Waals surface area contributed by atoms with E-state index in [9.17, 15) is 9.59 Å². The van der Waals surface area contributed by atoms with E-state index in [1.807, 2.05) is 50.2 Å². The van der Waals surface area contributed by atoms with Crippen molar-refractivity contribution in [3.8, 4) is 5.75 Å². The number of anilines is 1. The van der Waals surface area contributed by atoms with Gasteiger partial charge in [0, 0.05) is 15.2 Å². The highest BCUT2D eigenvalue weighted by Crippen LogP contribution is 2.42. The number of aryl methyl sites for hydroxylation is 1. The topological polar surface area (TPSA) is 59.8 Å². The maximum atomic E-state index is 13.7. The SMILES string of the molecule is CCOc1cccc(C2c3c(oc4ccc(Br)cc4c3=O)C(=O)N2c2ccc(C)c(Cl)c2)c1. The molecular formula is C26H19BrClNO4. The largest absolute Gasteiger partial charge is 0.494 e. The molecule has 0 saturated carbocycles. The van der Waals surface area contributed by atoms with Crippen LogP contribution >= 0.6 is 27.5 Å². The first-order valence-corrected chi connectivity index (χ1v) is 11.6. The van der Waals surface area contributed by atoms with E-state index in [1.165, 1.54) is 0 Å². The number of carbonyl (C=O) groups is 1. The molecule has 0 N–H and O–H groups in total. The molecule has 1 atom stereocenters. The quantitative estimate of drug-likeness (QED) is 0.299. The Balaban J connectivity index is 1.80. The van der Waals surface area contributed by atoms with Gasteiger partial charge in [0.25, 0.3) is 5.91 Å². The fourth-order valence-electron chi connectivity index (χ4n) is 4.20. The van der Waals surface area contributed by atoms with Gasteiger partial charge in [-0.25, -0.2) is 0 Å². The van der Waals surface area contributed by atoms with Gasteiger partial charge in [-0.1, -0.05) is 45.7 Å². The zero-order valence-corrected chi connectivity index (χ0v) is 20.2. The fourth-order valence-corrected chi connectivity index (χ4v) is 4.74. The van der Waals surface area contributed by atoms with Crippen molar-refractivity contribution in [1.29, 1.82) is 0 Å². The standard InChI is InChI=1S/C26H19BrClNO4/c1-3-32-18-6-4-5-15(11-18)23-22-24(30)19-12-16(27)8-10-21(19)33-25(22)26(31)29(23)17-9-7-14(2)20(28)13-17/h4-13,23H,3H2,1-2H3. The molecule has 0 fully saturated rings. The first-order valence-electron chi connectivity index (χ1n) is 10.5. The van der Waals surface area contributed by atoms with Crippen molar-refractivity contribution < 1.29 is 13.9 Å². The lowest BCUT2D eigenvalue weighted by Gasteiger charge is -2.26. The Kier molecular flexibility index (Phi) is 5.51. The van der Waals surface area contributed by atoms with Gasteiger partial charge in [0.05, 0.1) is 23.6 Å². The van der Waals surface area contributed by atoms with Crippen LogP contribution in [0.2, 0.25) is 5.02 Å². The van der Waals surface area contributed by atoms with Gasteiger partial charge in [0.1, 0.15) is 11.3 Å². The summed E-state index contributed by atoms with van der Waals surface area (Å²) in [6.07, 6.45) is 0. The predicted molar refractivity (Wildman–Crippen MR) is 133 cm³/mol. The van der Waals surface area contributed by atoms with Gasteiger partial charge >= 0.3 is 0 Å². The van der Waals surface area contributed by atoms with Crippen LogP contribution in [-0.2, 0) is 0 Å². The van der Waals surface area contributed by atoms with Crippen molar-refractivity contribution >= 4 is 50.1 Å². The van der Waals surface area contributed by atoms with Crippen LogP contribution < -0.4 is 15.1 Å². The highest BCUT2D eigenvalue weighted by atomic mass is 79.9. The summed E-state index contributed by atoms with van der Waals surface area (Å²) in [5, 5.41) is 0.942. The Morgan fingerprint density at radius 3 is 2.67 bits per heavy atom. The Labute approximate surface area is 203 Å². The molecular weight excluding hydrogens is 506 g/mol. The number of rotatable bonds is 4. The molecule has 1 amide bonds. The van der Waals surface area contributed by atoms with Crippen molar-refractivity contribution in [2.45, 2.75) is 19.9 Å². The number of halogens is 2. The summed E-state index contributed by atoms with van der Waals surface area (Å²) in [5.74, 6) is 0.308. The number of nitrogens with zero attached hydrogens (tertiary/aromatic N) is 1. The summed E-state index contributed by atoms with van der Waals surface area (Å²) in [6, 6.07) is 17.3. The van der Waals surface area contributed by atoms with Gasteiger partial charge in [-0.2, -0.15) is 0 Å². The highest BCUT2D eigenvalue weighted by molar-refractivity contribution is 9.10. The highest BCUT2D eigenvalue weighted by Gasteiger charge is 2.43.